The van der Waals surface area contributed by atoms with Gasteiger partial charge in [-0.05, 0) is 36.4 Å². The standard InChI is InChI=1S/3C6H6O.Er/c3*7-6-4-2-1-3-5-6;/h3*1-5,7H;. The fourth-order valence-electron chi connectivity index (χ4n) is 1.28. The average molecular weight is 450 g/mol. The summed E-state index contributed by atoms with van der Waals surface area (Å²) >= 11 is 0. The van der Waals surface area contributed by atoms with E-state index in [0.29, 0.717) is 17.2 Å². The molecule has 22 heavy (non-hydrogen) atoms. The van der Waals surface area contributed by atoms with E-state index in [9.17, 15) is 0 Å². The van der Waals surface area contributed by atoms with Crippen molar-refractivity contribution in [1.29, 1.82) is 0 Å². The summed E-state index contributed by atoms with van der Waals surface area (Å²) in [4.78, 5) is 0. The number of hydrogen-bond donors (Lipinski definition) is 3. The summed E-state index contributed by atoms with van der Waals surface area (Å²) in [5, 5.41) is 25.9. The van der Waals surface area contributed by atoms with E-state index in [1.165, 1.54) is 0 Å². The van der Waals surface area contributed by atoms with E-state index in [2.05, 4.69) is 0 Å². The Morgan fingerprint density at radius 2 is 0.545 bits per heavy atom. The fourth-order valence-corrected chi connectivity index (χ4v) is 1.28. The molecular formula is C18H18ErO3. The second-order valence-electron chi connectivity index (χ2n) is 4.01. The van der Waals surface area contributed by atoms with E-state index in [-0.39, 0.29) is 37.3 Å². The van der Waals surface area contributed by atoms with E-state index >= 15 is 0 Å². The van der Waals surface area contributed by atoms with Crippen LogP contribution >= 0.6 is 0 Å². The molecule has 0 bridgehead atoms. The van der Waals surface area contributed by atoms with E-state index < -0.39 is 0 Å². The van der Waals surface area contributed by atoms with Crippen molar-refractivity contribution < 1.29 is 52.6 Å². The van der Waals surface area contributed by atoms with Crippen LogP contribution in [0, 0.1) is 37.3 Å². The SMILES string of the molecule is Oc1ccccc1.Oc1ccccc1.Oc1ccccc1.[Er]. The predicted molar refractivity (Wildman–Crippen MR) is 84.3 cm³/mol. The average Bonchev–Trinajstić information content (AvgIpc) is 2.51. The molecule has 3 N–H and O–H groups in total. The Labute approximate surface area is 160 Å². The first-order valence-electron chi connectivity index (χ1n) is 6.40. The van der Waals surface area contributed by atoms with Crippen LogP contribution in [0.4, 0.5) is 0 Å². The van der Waals surface area contributed by atoms with Gasteiger partial charge in [0.1, 0.15) is 17.2 Å². The molecule has 4 heteroatoms. The second-order valence-corrected chi connectivity index (χ2v) is 4.01. The third kappa shape index (κ3) is 11.0. The van der Waals surface area contributed by atoms with Crippen LogP contribution in [0.3, 0.4) is 0 Å². The minimum absolute atomic E-state index is 0. The van der Waals surface area contributed by atoms with Crippen LogP contribution in [0.2, 0.25) is 0 Å². The van der Waals surface area contributed by atoms with Crippen LogP contribution in [-0.2, 0) is 0 Å². The number of para-hydroxylation sites is 3. The number of aromatic hydroxyl groups is 3. The van der Waals surface area contributed by atoms with E-state index in [1.54, 1.807) is 72.8 Å². The maximum atomic E-state index is 8.63. The fraction of sp³-hybridized carbons (Fsp3) is 0. The molecular weight excluding hydrogens is 431 g/mol. The van der Waals surface area contributed by atoms with E-state index in [0.717, 1.165) is 0 Å². The van der Waals surface area contributed by atoms with Crippen LogP contribution in [0.5, 0.6) is 17.2 Å². The molecule has 3 aromatic rings. The summed E-state index contributed by atoms with van der Waals surface area (Å²) in [6, 6.07) is 26.1. The largest absolute Gasteiger partial charge is 0.508 e. The maximum absolute atomic E-state index is 8.63. The van der Waals surface area contributed by atoms with Crippen LogP contribution in [0.1, 0.15) is 0 Å². The Hall–Kier alpha value is -1.69. The molecule has 0 radical (unpaired) electrons. The van der Waals surface area contributed by atoms with Crippen LogP contribution in [-0.4, -0.2) is 15.3 Å². The first-order chi connectivity index (χ1) is 10.2. The molecule has 0 heterocycles. The summed E-state index contributed by atoms with van der Waals surface area (Å²) in [6.07, 6.45) is 0. The van der Waals surface area contributed by atoms with E-state index in [4.69, 9.17) is 15.3 Å². The minimum Gasteiger partial charge on any atom is -0.508 e. The van der Waals surface area contributed by atoms with Gasteiger partial charge >= 0.3 is 0 Å². The number of phenols is 3. The Kier molecular flexibility index (Phi) is 12.0. The van der Waals surface area contributed by atoms with Crippen molar-refractivity contribution in [3.05, 3.63) is 91.0 Å². The quantitative estimate of drug-likeness (QED) is 0.483. The normalized spacial score (nSPS) is 8.18. The van der Waals surface area contributed by atoms with Gasteiger partial charge in [0, 0.05) is 37.3 Å². The second kappa shape index (κ2) is 13.0. The Balaban J connectivity index is 0.000000294. The predicted octanol–water partition coefficient (Wildman–Crippen LogP) is 4.18. The summed E-state index contributed by atoms with van der Waals surface area (Å²) < 4.78 is 0. The first-order valence-corrected chi connectivity index (χ1v) is 6.40. The number of hydrogen-bond acceptors (Lipinski definition) is 3. The van der Waals surface area contributed by atoms with Gasteiger partial charge in [-0.2, -0.15) is 0 Å². The molecule has 0 saturated heterocycles. The van der Waals surface area contributed by atoms with Gasteiger partial charge in [-0.1, -0.05) is 54.6 Å². The molecule has 0 unspecified atom stereocenters. The van der Waals surface area contributed by atoms with Gasteiger partial charge in [0.2, 0.25) is 0 Å². The summed E-state index contributed by atoms with van der Waals surface area (Å²) in [7, 11) is 0. The van der Waals surface area contributed by atoms with Crippen molar-refractivity contribution in [2.75, 3.05) is 0 Å². The Morgan fingerprint density at radius 3 is 0.636 bits per heavy atom. The van der Waals surface area contributed by atoms with Crippen molar-refractivity contribution in [2.24, 2.45) is 0 Å². The maximum Gasteiger partial charge on any atom is 0.115 e. The molecule has 3 aromatic carbocycles. The first kappa shape index (κ1) is 20.3. The van der Waals surface area contributed by atoms with Gasteiger partial charge in [0.25, 0.3) is 0 Å². The molecule has 120 valence electrons. The molecule has 0 aliphatic rings. The number of phenolic OH excluding ortho intramolecular Hbond substituents is 3. The number of rotatable bonds is 0. The molecule has 3 rings (SSSR count). The third-order valence-electron chi connectivity index (χ3n) is 2.27. The van der Waals surface area contributed by atoms with Crippen molar-refractivity contribution in [2.45, 2.75) is 0 Å². The van der Waals surface area contributed by atoms with E-state index in [1.807, 2.05) is 18.2 Å². The summed E-state index contributed by atoms with van der Waals surface area (Å²) in [6.45, 7) is 0. The summed E-state index contributed by atoms with van der Waals surface area (Å²) in [5.74, 6) is 0.965. The molecule has 0 aliphatic heterocycles. The zero-order valence-electron chi connectivity index (χ0n) is 11.8. The van der Waals surface area contributed by atoms with Crippen molar-refractivity contribution in [3.8, 4) is 17.2 Å². The van der Waals surface area contributed by atoms with Gasteiger partial charge in [0.15, 0.2) is 0 Å². The zero-order chi connectivity index (χ0) is 15.3. The van der Waals surface area contributed by atoms with Crippen molar-refractivity contribution >= 4 is 0 Å². The van der Waals surface area contributed by atoms with Crippen LogP contribution in [0.25, 0.3) is 0 Å². The van der Waals surface area contributed by atoms with Crippen molar-refractivity contribution in [3.63, 3.8) is 0 Å². The molecule has 0 aliphatic carbocycles. The Bertz CT molecular complexity index is 497. The Morgan fingerprint density at radius 1 is 0.364 bits per heavy atom. The molecule has 0 amide bonds. The van der Waals surface area contributed by atoms with Crippen LogP contribution < -0.4 is 0 Å². The molecule has 0 spiro atoms. The molecule has 0 saturated carbocycles. The van der Waals surface area contributed by atoms with Crippen molar-refractivity contribution in [1.82, 2.24) is 0 Å². The van der Waals surface area contributed by atoms with Gasteiger partial charge < -0.3 is 15.3 Å². The third-order valence-corrected chi connectivity index (χ3v) is 2.27. The molecule has 0 aromatic heterocycles. The van der Waals surface area contributed by atoms with Gasteiger partial charge in [-0.25, -0.2) is 0 Å². The minimum atomic E-state index is 0. The zero-order valence-corrected chi connectivity index (χ0v) is 13.6. The molecule has 0 fully saturated rings. The monoisotopic (exact) mass is 448 g/mol. The molecule has 3 nitrogen and oxygen atoms in total. The van der Waals surface area contributed by atoms with Crippen LogP contribution in [0.15, 0.2) is 91.0 Å². The smallest absolute Gasteiger partial charge is 0.115 e. The summed E-state index contributed by atoms with van der Waals surface area (Å²) in [5.41, 5.74) is 0. The van der Waals surface area contributed by atoms with Gasteiger partial charge in [0.05, 0.1) is 0 Å². The topological polar surface area (TPSA) is 60.7 Å². The molecule has 0 atom stereocenters. The van der Waals surface area contributed by atoms with Gasteiger partial charge in [-0.15, -0.1) is 0 Å². The van der Waals surface area contributed by atoms with Gasteiger partial charge in [-0.3, -0.25) is 0 Å². The number of benzene rings is 3.